The highest BCUT2D eigenvalue weighted by atomic mass is 16.3. The van der Waals surface area contributed by atoms with Gasteiger partial charge in [0.15, 0.2) is 0 Å². The van der Waals surface area contributed by atoms with Gasteiger partial charge in [-0.25, -0.2) is 4.79 Å². The Morgan fingerprint density at radius 3 is 2.53 bits per heavy atom. The Balaban J connectivity index is 2.26. The van der Waals surface area contributed by atoms with Crippen LogP contribution in [0.3, 0.4) is 0 Å². The number of hydrogen-bond acceptors (Lipinski definition) is 3. The van der Waals surface area contributed by atoms with Gasteiger partial charge < -0.3 is 20.2 Å². The number of likely N-dealkylation sites (tertiary alicyclic amines) is 1. The van der Waals surface area contributed by atoms with E-state index in [2.05, 4.69) is 5.32 Å². The lowest BCUT2D eigenvalue weighted by atomic mass is 10.1. The van der Waals surface area contributed by atoms with Crippen LogP contribution in [0.2, 0.25) is 0 Å². The Labute approximate surface area is 91.0 Å². The zero-order chi connectivity index (χ0) is 11.3. The monoisotopic (exact) mass is 215 g/mol. The number of nitrogens with zero attached hydrogens (tertiary/aromatic N) is 2. The molecule has 1 heterocycles. The first-order chi connectivity index (χ1) is 7.15. The van der Waals surface area contributed by atoms with E-state index in [1.807, 2.05) is 4.90 Å². The molecule has 0 aliphatic carbocycles. The summed E-state index contributed by atoms with van der Waals surface area (Å²) in [6, 6.07) is 0.541. The quantitative estimate of drug-likeness (QED) is 0.680. The molecule has 5 nitrogen and oxygen atoms in total. The number of amides is 2. The van der Waals surface area contributed by atoms with E-state index in [1.165, 1.54) is 0 Å². The first kappa shape index (κ1) is 12.3. The van der Waals surface area contributed by atoms with Crippen LogP contribution >= 0.6 is 0 Å². The maximum Gasteiger partial charge on any atom is 0.319 e. The summed E-state index contributed by atoms with van der Waals surface area (Å²) >= 11 is 0. The number of piperidine rings is 1. The van der Waals surface area contributed by atoms with Crippen molar-refractivity contribution in [3.05, 3.63) is 0 Å². The minimum Gasteiger partial charge on any atom is -0.395 e. The number of urea groups is 1. The number of carbonyl (C=O) groups is 1. The molecule has 2 amide bonds. The molecule has 1 rings (SSSR count). The van der Waals surface area contributed by atoms with Gasteiger partial charge in [-0.05, 0) is 12.8 Å². The fraction of sp³-hybridized carbons (Fsp3) is 0.900. The second-order valence-corrected chi connectivity index (χ2v) is 4.12. The normalized spacial score (nSPS) is 17.9. The first-order valence-corrected chi connectivity index (χ1v) is 5.45. The number of hydrogen-bond donors (Lipinski definition) is 2. The van der Waals surface area contributed by atoms with Crippen molar-refractivity contribution in [2.45, 2.75) is 18.9 Å². The summed E-state index contributed by atoms with van der Waals surface area (Å²) in [6.07, 6.45) is 1.94. The lowest BCUT2D eigenvalue weighted by molar-refractivity contribution is 0.151. The number of carbonyl (C=O) groups excluding carboxylic acids is 1. The maximum atomic E-state index is 11.6. The highest BCUT2D eigenvalue weighted by Crippen LogP contribution is 2.11. The van der Waals surface area contributed by atoms with E-state index in [4.69, 9.17) is 5.11 Å². The topological polar surface area (TPSA) is 55.8 Å². The molecule has 0 atom stereocenters. The van der Waals surface area contributed by atoms with Crippen molar-refractivity contribution in [3.63, 3.8) is 0 Å². The molecule has 0 radical (unpaired) electrons. The number of nitrogens with one attached hydrogen (secondary N) is 1. The molecule has 0 bridgehead atoms. The van der Waals surface area contributed by atoms with Gasteiger partial charge in [0, 0.05) is 39.8 Å². The van der Waals surface area contributed by atoms with Gasteiger partial charge in [0.25, 0.3) is 0 Å². The Bertz CT molecular complexity index is 201. The van der Waals surface area contributed by atoms with Gasteiger partial charge in [0.05, 0.1) is 6.61 Å². The van der Waals surface area contributed by atoms with Crippen LogP contribution in [0.4, 0.5) is 4.79 Å². The van der Waals surface area contributed by atoms with E-state index >= 15 is 0 Å². The van der Waals surface area contributed by atoms with Crippen molar-refractivity contribution in [2.24, 2.45) is 0 Å². The van der Waals surface area contributed by atoms with Crippen molar-refractivity contribution in [3.8, 4) is 0 Å². The molecule has 0 saturated carbocycles. The van der Waals surface area contributed by atoms with Crippen LogP contribution in [0.15, 0.2) is 0 Å². The lowest BCUT2D eigenvalue weighted by Crippen LogP contribution is -2.48. The molecular formula is C10H21N3O2. The smallest absolute Gasteiger partial charge is 0.319 e. The second-order valence-electron chi connectivity index (χ2n) is 4.12. The molecule has 1 aliphatic heterocycles. The van der Waals surface area contributed by atoms with Crippen LogP contribution in [0.1, 0.15) is 12.8 Å². The van der Waals surface area contributed by atoms with Crippen LogP contribution in [-0.2, 0) is 0 Å². The molecule has 0 aromatic carbocycles. The molecular weight excluding hydrogens is 194 g/mol. The molecule has 0 spiro atoms. The van der Waals surface area contributed by atoms with Gasteiger partial charge in [0.2, 0.25) is 0 Å². The minimum atomic E-state index is 0.0932. The summed E-state index contributed by atoms with van der Waals surface area (Å²) in [4.78, 5) is 15.1. The van der Waals surface area contributed by atoms with Gasteiger partial charge in [-0.15, -0.1) is 0 Å². The molecule has 5 heteroatoms. The molecule has 0 aromatic rings. The number of rotatable bonds is 3. The van der Waals surface area contributed by atoms with Crippen molar-refractivity contribution in [1.82, 2.24) is 15.1 Å². The predicted octanol–water partition coefficient (Wildman–Crippen LogP) is -0.286. The van der Waals surface area contributed by atoms with Crippen LogP contribution in [0.25, 0.3) is 0 Å². The molecule has 0 aromatic heterocycles. The molecule has 2 N–H and O–H groups in total. The maximum absolute atomic E-state index is 11.6. The third kappa shape index (κ3) is 3.68. The Hall–Kier alpha value is -0.810. The standard InChI is InChI=1S/C10H21N3O2/c1-12(2)10(15)13-6-3-9(4-7-13)11-5-8-14/h9,11,14H,3-8H2,1-2H3. The third-order valence-electron chi connectivity index (χ3n) is 2.69. The summed E-state index contributed by atoms with van der Waals surface area (Å²) in [7, 11) is 3.55. The second kappa shape index (κ2) is 5.92. The summed E-state index contributed by atoms with van der Waals surface area (Å²) < 4.78 is 0. The fourth-order valence-electron chi connectivity index (χ4n) is 1.83. The van der Waals surface area contributed by atoms with Crippen LogP contribution < -0.4 is 5.32 Å². The van der Waals surface area contributed by atoms with E-state index in [1.54, 1.807) is 19.0 Å². The van der Waals surface area contributed by atoms with E-state index in [-0.39, 0.29) is 12.6 Å². The molecule has 1 fully saturated rings. The average molecular weight is 215 g/mol. The Kier molecular flexibility index (Phi) is 4.84. The summed E-state index contributed by atoms with van der Waals surface area (Å²) in [6.45, 7) is 2.43. The number of aliphatic hydroxyl groups is 1. The summed E-state index contributed by atoms with van der Waals surface area (Å²) in [5.41, 5.74) is 0. The van der Waals surface area contributed by atoms with Crippen LogP contribution in [0.5, 0.6) is 0 Å². The highest BCUT2D eigenvalue weighted by molar-refractivity contribution is 5.73. The molecule has 0 unspecified atom stereocenters. The Morgan fingerprint density at radius 2 is 2.07 bits per heavy atom. The van der Waals surface area contributed by atoms with E-state index < -0.39 is 0 Å². The molecule has 1 saturated heterocycles. The molecule has 15 heavy (non-hydrogen) atoms. The first-order valence-electron chi connectivity index (χ1n) is 5.45. The van der Waals surface area contributed by atoms with Gasteiger partial charge in [-0.1, -0.05) is 0 Å². The summed E-state index contributed by atoms with van der Waals surface area (Å²) in [5, 5.41) is 11.9. The van der Waals surface area contributed by atoms with Gasteiger partial charge in [-0.2, -0.15) is 0 Å². The highest BCUT2D eigenvalue weighted by Gasteiger charge is 2.22. The minimum absolute atomic E-state index is 0.0932. The largest absolute Gasteiger partial charge is 0.395 e. The van der Waals surface area contributed by atoms with Gasteiger partial charge >= 0.3 is 6.03 Å². The van der Waals surface area contributed by atoms with Crippen LogP contribution in [0, 0.1) is 0 Å². The average Bonchev–Trinajstić information content (AvgIpc) is 2.26. The van der Waals surface area contributed by atoms with Crippen LogP contribution in [-0.4, -0.2) is 67.3 Å². The zero-order valence-electron chi connectivity index (χ0n) is 9.57. The fourth-order valence-corrected chi connectivity index (χ4v) is 1.83. The van der Waals surface area contributed by atoms with Crippen molar-refractivity contribution >= 4 is 6.03 Å². The van der Waals surface area contributed by atoms with Crippen molar-refractivity contribution in [2.75, 3.05) is 40.3 Å². The zero-order valence-corrected chi connectivity index (χ0v) is 9.57. The third-order valence-corrected chi connectivity index (χ3v) is 2.69. The van der Waals surface area contributed by atoms with Crippen molar-refractivity contribution < 1.29 is 9.90 Å². The Morgan fingerprint density at radius 1 is 1.47 bits per heavy atom. The van der Waals surface area contributed by atoms with Gasteiger partial charge in [-0.3, -0.25) is 0 Å². The molecule has 88 valence electrons. The predicted molar refractivity (Wildman–Crippen MR) is 58.8 cm³/mol. The number of aliphatic hydroxyl groups excluding tert-OH is 1. The SMILES string of the molecule is CN(C)C(=O)N1CCC(NCCO)CC1. The lowest BCUT2D eigenvalue weighted by Gasteiger charge is -2.33. The van der Waals surface area contributed by atoms with E-state index in [0.29, 0.717) is 12.6 Å². The summed E-state index contributed by atoms with van der Waals surface area (Å²) in [5.74, 6) is 0. The van der Waals surface area contributed by atoms with Crippen molar-refractivity contribution in [1.29, 1.82) is 0 Å². The molecule has 1 aliphatic rings. The van der Waals surface area contributed by atoms with E-state index in [0.717, 1.165) is 25.9 Å². The van der Waals surface area contributed by atoms with Gasteiger partial charge in [0.1, 0.15) is 0 Å². The van der Waals surface area contributed by atoms with E-state index in [9.17, 15) is 4.79 Å².